The van der Waals surface area contributed by atoms with Crippen molar-refractivity contribution < 1.29 is 27.2 Å². The van der Waals surface area contributed by atoms with Crippen LogP contribution >= 0.6 is 0 Å². The zero-order chi connectivity index (χ0) is 20.2. The van der Waals surface area contributed by atoms with E-state index in [1.165, 1.54) is 43.7 Å². The van der Waals surface area contributed by atoms with Crippen molar-refractivity contribution in [1.29, 1.82) is 0 Å². The van der Waals surface area contributed by atoms with Crippen molar-refractivity contribution in [1.82, 2.24) is 4.72 Å². The van der Waals surface area contributed by atoms with Gasteiger partial charge in [0.05, 0.1) is 17.8 Å². The van der Waals surface area contributed by atoms with Crippen LogP contribution in [0, 0.1) is 5.41 Å². The zero-order valence-electron chi connectivity index (χ0n) is 15.5. The van der Waals surface area contributed by atoms with Gasteiger partial charge in [-0.2, -0.15) is 0 Å². The first-order chi connectivity index (χ1) is 12.5. The summed E-state index contributed by atoms with van der Waals surface area (Å²) in [5, 5.41) is 2.70. The summed E-state index contributed by atoms with van der Waals surface area (Å²) >= 11 is 0. The van der Waals surface area contributed by atoms with Crippen LogP contribution in [0.3, 0.4) is 0 Å². The van der Waals surface area contributed by atoms with E-state index in [4.69, 9.17) is 9.15 Å². The molecule has 8 nitrogen and oxygen atoms in total. The summed E-state index contributed by atoms with van der Waals surface area (Å²) in [6, 6.07) is 7.02. The highest BCUT2D eigenvalue weighted by Crippen LogP contribution is 2.19. The molecule has 0 aliphatic heterocycles. The second-order valence-corrected chi connectivity index (χ2v) is 8.55. The van der Waals surface area contributed by atoms with Gasteiger partial charge in [0, 0.05) is 23.8 Å². The molecule has 1 heterocycles. The lowest BCUT2D eigenvalue weighted by Crippen LogP contribution is -2.31. The molecule has 2 aromatic rings. The molecular weight excluding hydrogens is 372 g/mol. The second kappa shape index (κ2) is 7.93. The number of benzene rings is 1. The fraction of sp³-hybridized carbons (Fsp3) is 0.333. The van der Waals surface area contributed by atoms with Gasteiger partial charge in [-0.1, -0.05) is 20.8 Å². The van der Waals surface area contributed by atoms with Gasteiger partial charge in [0.25, 0.3) is 10.0 Å². The Morgan fingerprint density at radius 1 is 1.11 bits per heavy atom. The summed E-state index contributed by atoms with van der Waals surface area (Å²) in [6.07, 6.45) is 1.28. The van der Waals surface area contributed by atoms with Crippen LogP contribution in [0.4, 0.5) is 5.69 Å². The Kier molecular flexibility index (Phi) is 6.07. The highest BCUT2D eigenvalue weighted by atomic mass is 32.2. The van der Waals surface area contributed by atoms with Crippen LogP contribution in [0.1, 0.15) is 36.9 Å². The molecule has 2 N–H and O–H groups in total. The van der Waals surface area contributed by atoms with Crippen LogP contribution in [0.2, 0.25) is 0 Å². The van der Waals surface area contributed by atoms with Crippen molar-refractivity contribution in [3.63, 3.8) is 0 Å². The Labute approximate surface area is 157 Å². The van der Waals surface area contributed by atoms with E-state index in [0.29, 0.717) is 11.3 Å². The van der Waals surface area contributed by atoms with Crippen LogP contribution in [-0.4, -0.2) is 27.3 Å². The van der Waals surface area contributed by atoms with Crippen molar-refractivity contribution in [2.75, 3.05) is 12.4 Å². The van der Waals surface area contributed by atoms with Gasteiger partial charge in [0.2, 0.25) is 5.91 Å². The van der Waals surface area contributed by atoms with Crippen LogP contribution in [0.25, 0.3) is 0 Å². The molecule has 1 aromatic carbocycles. The molecule has 0 saturated heterocycles. The van der Waals surface area contributed by atoms with E-state index in [9.17, 15) is 18.0 Å². The number of methoxy groups -OCH3 is 1. The van der Waals surface area contributed by atoms with Gasteiger partial charge in [-0.15, -0.1) is 0 Å². The number of carbonyl (C=O) groups excluding carboxylic acids is 2. The first-order valence-electron chi connectivity index (χ1n) is 8.08. The van der Waals surface area contributed by atoms with E-state index in [1.807, 2.05) is 4.72 Å². The number of hydrogen-bond acceptors (Lipinski definition) is 6. The van der Waals surface area contributed by atoms with Gasteiger partial charge < -0.3 is 14.5 Å². The van der Waals surface area contributed by atoms with Gasteiger partial charge in [-0.3, -0.25) is 9.59 Å². The number of sulfonamides is 1. The summed E-state index contributed by atoms with van der Waals surface area (Å²) < 4.78 is 36.8. The van der Waals surface area contributed by atoms with E-state index < -0.39 is 21.3 Å². The van der Waals surface area contributed by atoms with Crippen molar-refractivity contribution in [3.8, 4) is 0 Å². The Hall–Kier alpha value is -2.65. The molecule has 0 unspecified atom stereocenters. The number of carbonyl (C=O) groups is 2. The van der Waals surface area contributed by atoms with Crippen molar-refractivity contribution >= 4 is 27.5 Å². The summed E-state index contributed by atoms with van der Waals surface area (Å²) in [7, 11) is -2.65. The summed E-state index contributed by atoms with van der Waals surface area (Å²) in [6.45, 7) is 5.41. The summed E-state index contributed by atoms with van der Waals surface area (Å²) in [5.41, 5.74) is 0.306. The topological polar surface area (TPSA) is 115 Å². The molecule has 0 aliphatic rings. The predicted molar refractivity (Wildman–Crippen MR) is 98.6 cm³/mol. The van der Waals surface area contributed by atoms with E-state index in [2.05, 4.69) is 5.32 Å². The van der Waals surface area contributed by atoms with Crippen LogP contribution in [0.5, 0.6) is 0 Å². The molecular formula is C18H22N2O6S. The first kappa shape index (κ1) is 20.7. The van der Waals surface area contributed by atoms with Crippen LogP contribution in [-0.2, 0) is 26.2 Å². The van der Waals surface area contributed by atoms with Gasteiger partial charge in [0.1, 0.15) is 0 Å². The fourth-order valence-electron chi connectivity index (χ4n) is 2.07. The van der Waals surface area contributed by atoms with E-state index >= 15 is 0 Å². The third-order valence-corrected chi connectivity index (χ3v) is 4.93. The fourth-order valence-corrected chi connectivity index (χ4v) is 3.02. The lowest BCUT2D eigenvalue weighted by atomic mass is 9.95. The predicted octanol–water partition coefficient (Wildman–Crippen LogP) is 2.53. The molecule has 0 spiro atoms. The zero-order valence-corrected chi connectivity index (χ0v) is 16.3. The monoisotopic (exact) mass is 394 g/mol. The average Bonchev–Trinajstić information content (AvgIpc) is 3.03. The largest absolute Gasteiger partial charge is 0.459 e. The molecule has 0 atom stereocenters. The summed E-state index contributed by atoms with van der Waals surface area (Å²) in [5.74, 6) is -1.22. The smallest absolute Gasteiger partial charge is 0.301 e. The highest BCUT2D eigenvalue weighted by molar-refractivity contribution is 7.90. The number of amides is 2. The SMILES string of the molecule is COCc1ccoc1C(=O)NS(=O)(=O)c1ccc(NC(=O)C(C)(C)C)cc1. The molecule has 27 heavy (non-hydrogen) atoms. The number of hydrogen-bond donors (Lipinski definition) is 2. The number of anilines is 1. The molecule has 2 amide bonds. The van der Waals surface area contributed by atoms with Crippen LogP contribution < -0.4 is 10.0 Å². The van der Waals surface area contributed by atoms with Gasteiger partial charge in [-0.05, 0) is 30.3 Å². The Morgan fingerprint density at radius 3 is 2.30 bits per heavy atom. The van der Waals surface area contributed by atoms with E-state index in [-0.39, 0.29) is 23.2 Å². The molecule has 0 saturated carbocycles. The van der Waals surface area contributed by atoms with Crippen molar-refractivity contribution in [2.45, 2.75) is 32.3 Å². The third-order valence-electron chi connectivity index (χ3n) is 3.58. The highest BCUT2D eigenvalue weighted by Gasteiger charge is 2.24. The first-order valence-corrected chi connectivity index (χ1v) is 9.57. The maximum atomic E-state index is 12.4. The van der Waals surface area contributed by atoms with Gasteiger partial charge in [0.15, 0.2) is 5.76 Å². The maximum absolute atomic E-state index is 12.4. The minimum Gasteiger partial charge on any atom is -0.459 e. The minimum atomic E-state index is -4.10. The van der Waals surface area contributed by atoms with E-state index in [0.717, 1.165) is 0 Å². The van der Waals surface area contributed by atoms with Crippen molar-refractivity contribution in [3.05, 3.63) is 47.9 Å². The third kappa shape index (κ3) is 5.18. The van der Waals surface area contributed by atoms with E-state index in [1.54, 1.807) is 20.8 Å². The summed E-state index contributed by atoms with van der Waals surface area (Å²) in [4.78, 5) is 24.1. The molecule has 0 fully saturated rings. The van der Waals surface area contributed by atoms with Gasteiger partial charge >= 0.3 is 5.91 Å². The lowest BCUT2D eigenvalue weighted by molar-refractivity contribution is -0.123. The quantitative estimate of drug-likeness (QED) is 0.778. The Bertz CT molecular complexity index is 924. The molecule has 146 valence electrons. The molecule has 1 aromatic heterocycles. The Balaban J connectivity index is 2.13. The normalized spacial score (nSPS) is 11.9. The standard InChI is InChI=1S/C18H22N2O6S/c1-18(2,3)17(22)19-13-5-7-14(8-6-13)27(23,24)20-16(21)15-12(11-25-4)9-10-26-15/h5-10H,11H2,1-4H3,(H,19,22)(H,20,21). The number of furan rings is 1. The molecule has 0 radical (unpaired) electrons. The van der Waals surface area contributed by atoms with Crippen LogP contribution in [0.15, 0.2) is 45.9 Å². The number of ether oxygens (including phenoxy) is 1. The second-order valence-electron chi connectivity index (χ2n) is 6.87. The molecule has 0 bridgehead atoms. The van der Waals surface area contributed by atoms with Crippen molar-refractivity contribution in [2.24, 2.45) is 5.41 Å². The Morgan fingerprint density at radius 2 is 1.74 bits per heavy atom. The lowest BCUT2D eigenvalue weighted by Gasteiger charge is -2.17. The molecule has 0 aliphatic carbocycles. The number of rotatable bonds is 6. The molecule has 9 heteroatoms. The van der Waals surface area contributed by atoms with Gasteiger partial charge in [-0.25, -0.2) is 13.1 Å². The molecule has 2 rings (SSSR count). The average molecular weight is 394 g/mol. The number of nitrogens with one attached hydrogen (secondary N) is 2. The minimum absolute atomic E-state index is 0.113. The maximum Gasteiger partial charge on any atom is 0.301 e.